The van der Waals surface area contributed by atoms with Gasteiger partial charge in [0, 0.05) is 6.20 Å². The second-order valence-electron chi connectivity index (χ2n) is 3.92. The minimum atomic E-state index is 0.178. The Bertz CT molecular complexity index is 291. The summed E-state index contributed by atoms with van der Waals surface area (Å²) in [4.78, 5) is 8.58. The van der Waals surface area contributed by atoms with E-state index in [1.165, 1.54) is 19.3 Å². The molecule has 2 rings (SSSR count). The molecule has 1 saturated carbocycles. The molecule has 3 N–H and O–H groups in total. The highest BCUT2D eigenvalue weighted by Gasteiger charge is 2.28. The van der Waals surface area contributed by atoms with Gasteiger partial charge in [0.2, 0.25) is 0 Å². The molecular weight excluding hydrogens is 176 g/mol. The third-order valence-corrected chi connectivity index (χ3v) is 2.92. The van der Waals surface area contributed by atoms with Gasteiger partial charge in [-0.1, -0.05) is 6.42 Å². The first-order valence-corrected chi connectivity index (χ1v) is 5.06. The molecule has 0 bridgehead atoms. The molecule has 1 fully saturated rings. The highest BCUT2D eigenvalue weighted by molar-refractivity contribution is 5.08. The number of aromatic nitrogens is 2. The molecule has 1 aliphatic carbocycles. The quantitative estimate of drug-likeness (QED) is 0.556. The van der Waals surface area contributed by atoms with Crippen LogP contribution in [-0.2, 0) is 0 Å². The highest BCUT2D eigenvalue weighted by Crippen LogP contribution is 2.36. The van der Waals surface area contributed by atoms with Gasteiger partial charge in [0.15, 0.2) is 0 Å². The van der Waals surface area contributed by atoms with Crippen LogP contribution in [0.2, 0.25) is 0 Å². The monoisotopic (exact) mass is 192 g/mol. The molecule has 76 valence electrons. The molecule has 14 heavy (non-hydrogen) atoms. The van der Waals surface area contributed by atoms with Gasteiger partial charge >= 0.3 is 0 Å². The number of aryl methyl sites for hydroxylation is 1. The lowest BCUT2D eigenvalue weighted by Crippen LogP contribution is -2.37. The number of nitrogens with two attached hydrogens (primary N) is 1. The normalized spacial score (nSPS) is 19.0. The minimum absolute atomic E-state index is 0.178. The summed E-state index contributed by atoms with van der Waals surface area (Å²) in [7, 11) is 0. The molecule has 0 amide bonds. The van der Waals surface area contributed by atoms with Gasteiger partial charge in [-0.05, 0) is 25.7 Å². The van der Waals surface area contributed by atoms with Gasteiger partial charge in [-0.2, -0.15) is 0 Å². The van der Waals surface area contributed by atoms with Gasteiger partial charge in [-0.15, -0.1) is 0 Å². The van der Waals surface area contributed by atoms with E-state index >= 15 is 0 Å². The first-order valence-electron chi connectivity index (χ1n) is 5.06. The summed E-state index contributed by atoms with van der Waals surface area (Å²) in [6.07, 6.45) is 7.40. The molecule has 0 aliphatic heterocycles. The molecule has 1 unspecified atom stereocenters. The zero-order valence-corrected chi connectivity index (χ0v) is 8.40. The SMILES string of the molecule is Cc1cnc(C(NN)C2CCC2)cn1. The largest absolute Gasteiger partial charge is 0.271 e. The zero-order chi connectivity index (χ0) is 9.97. The molecule has 1 atom stereocenters. The van der Waals surface area contributed by atoms with Crippen LogP contribution in [0.3, 0.4) is 0 Å². The summed E-state index contributed by atoms with van der Waals surface area (Å²) >= 11 is 0. The van der Waals surface area contributed by atoms with Crippen LogP contribution in [0.25, 0.3) is 0 Å². The second-order valence-corrected chi connectivity index (χ2v) is 3.92. The van der Waals surface area contributed by atoms with E-state index in [1.54, 1.807) is 6.20 Å². The van der Waals surface area contributed by atoms with Gasteiger partial charge in [0.05, 0.1) is 23.6 Å². The number of hydrogen-bond acceptors (Lipinski definition) is 4. The molecule has 1 aliphatic rings. The molecule has 0 radical (unpaired) electrons. The smallest absolute Gasteiger partial charge is 0.0772 e. The summed E-state index contributed by atoms with van der Waals surface area (Å²) in [5.74, 6) is 6.17. The Labute approximate surface area is 83.9 Å². The topological polar surface area (TPSA) is 63.8 Å². The number of hydrogen-bond donors (Lipinski definition) is 2. The van der Waals surface area contributed by atoms with Crippen molar-refractivity contribution in [1.82, 2.24) is 15.4 Å². The van der Waals surface area contributed by atoms with Crippen LogP contribution in [0.5, 0.6) is 0 Å². The van der Waals surface area contributed by atoms with Crippen LogP contribution in [0.4, 0.5) is 0 Å². The Balaban J connectivity index is 2.14. The van der Waals surface area contributed by atoms with Crippen molar-refractivity contribution in [2.45, 2.75) is 32.2 Å². The molecule has 4 nitrogen and oxygen atoms in total. The van der Waals surface area contributed by atoms with Crippen LogP contribution in [0.15, 0.2) is 12.4 Å². The van der Waals surface area contributed by atoms with Crippen molar-refractivity contribution in [2.75, 3.05) is 0 Å². The average molecular weight is 192 g/mol. The predicted octanol–water partition coefficient (Wildman–Crippen LogP) is 1.09. The van der Waals surface area contributed by atoms with E-state index in [1.807, 2.05) is 13.1 Å². The van der Waals surface area contributed by atoms with E-state index in [0.717, 1.165) is 11.4 Å². The third-order valence-electron chi connectivity index (χ3n) is 2.92. The van der Waals surface area contributed by atoms with Crippen molar-refractivity contribution in [3.05, 3.63) is 23.8 Å². The van der Waals surface area contributed by atoms with E-state index in [2.05, 4.69) is 15.4 Å². The van der Waals surface area contributed by atoms with Crippen molar-refractivity contribution in [3.8, 4) is 0 Å². The summed E-state index contributed by atoms with van der Waals surface area (Å²) in [5.41, 5.74) is 4.74. The van der Waals surface area contributed by atoms with Crippen LogP contribution in [0, 0.1) is 12.8 Å². The van der Waals surface area contributed by atoms with Crippen molar-refractivity contribution in [1.29, 1.82) is 0 Å². The molecular formula is C10H16N4. The number of rotatable bonds is 3. The van der Waals surface area contributed by atoms with Crippen LogP contribution in [-0.4, -0.2) is 9.97 Å². The van der Waals surface area contributed by atoms with Crippen molar-refractivity contribution in [3.63, 3.8) is 0 Å². The standard InChI is InChI=1S/C10H16N4/c1-7-5-13-9(6-12-7)10(14-11)8-3-2-4-8/h5-6,8,10,14H,2-4,11H2,1H3. The minimum Gasteiger partial charge on any atom is -0.271 e. The van der Waals surface area contributed by atoms with Crippen molar-refractivity contribution >= 4 is 0 Å². The fourth-order valence-electron chi connectivity index (χ4n) is 1.80. The van der Waals surface area contributed by atoms with E-state index in [9.17, 15) is 0 Å². The third kappa shape index (κ3) is 1.76. The van der Waals surface area contributed by atoms with Crippen molar-refractivity contribution in [2.24, 2.45) is 11.8 Å². The van der Waals surface area contributed by atoms with E-state index in [0.29, 0.717) is 5.92 Å². The maximum atomic E-state index is 5.54. The van der Waals surface area contributed by atoms with Gasteiger partial charge < -0.3 is 0 Å². The maximum Gasteiger partial charge on any atom is 0.0772 e. The Hall–Kier alpha value is -1.00. The second kappa shape index (κ2) is 4.02. The Morgan fingerprint density at radius 2 is 2.21 bits per heavy atom. The number of nitrogens with one attached hydrogen (secondary N) is 1. The molecule has 1 aromatic rings. The van der Waals surface area contributed by atoms with Gasteiger partial charge in [0.25, 0.3) is 0 Å². The lowest BCUT2D eigenvalue weighted by molar-refractivity contribution is 0.228. The lowest BCUT2D eigenvalue weighted by Gasteiger charge is -2.32. The van der Waals surface area contributed by atoms with E-state index in [-0.39, 0.29) is 6.04 Å². The molecule has 0 saturated heterocycles. The van der Waals surface area contributed by atoms with Crippen LogP contribution < -0.4 is 11.3 Å². The number of hydrazine groups is 1. The first-order chi connectivity index (χ1) is 6.81. The summed E-state index contributed by atoms with van der Waals surface area (Å²) in [6, 6.07) is 0.178. The summed E-state index contributed by atoms with van der Waals surface area (Å²) < 4.78 is 0. The molecule has 1 aromatic heterocycles. The van der Waals surface area contributed by atoms with Gasteiger partial charge in [-0.25, -0.2) is 0 Å². The molecule has 1 heterocycles. The van der Waals surface area contributed by atoms with Gasteiger partial charge in [-0.3, -0.25) is 21.2 Å². The van der Waals surface area contributed by atoms with Crippen LogP contribution in [0.1, 0.15) is 36.7 Å². The van der Waals surface area contributed by atoms with Gasteiger partial charge in [0.1, 0.15) is 0 Å². The highest BCUT2D eigenvalue weighted by atomic mass is 15.2. The Kier molecular flexibility index (Phi) is 2.74. The summed E-state index contributed by atoms with van der Waals surface area (Å²) in [5, 5.41) is 0. The van der Waals surface area contributed by atoms with E-state index < -0.39 is 0 Å². The van der Waals surface area contributed by atoms with E-state index in [4.69, 9.17) is 5.84 Å². The maximum absolute atomic E-state index is 5.54. The van der Waals surface area contributed by atoms with Crippen LogP contribution >= 0.6 is 0 Å². The fraction of sp³-hybridized carbons (Fsp3) is 0.600. The average Bonchev–Trinajstić information content (AvgIpc) is 2.13. The fourth-order valence-corrected chi connectivity index (χ4v) is 1.80. The lowest BCUT2D eigenvalue weighted by atomic mass is 9.79. The first kappa shape index (κ1) is 9.55. The summed E-state index contributed by atoms with van der Waals surface area (Å²) in [6.45, 7) is 1.94. The predicted molar refractivity (Wildman–Crippen MR) is 54.2 cm³/mol. The number of nitrogens with zero attached hydrogens (tertiary/aromatic N) is 2. The molecule has 4 heteroatoms. The molecule has 0 spiro atoms. The zero-order valence-electron chi connectivity index (χ0n) is 8.40. The molecule has 0 aromatic carbocycles. The Morgan fingerprint density at radius 3 is 2.64 bits per heavy atom. The van der Waals surface area contributed by atoms with Crippen molar-refractivity contribution < 1.29 is 0 Å². The Morgan fingerprint density at radius 1 is 1.43 bits per heavy atom.